The molecule has 1 atom stereocenters. The van der Waals surface area contributed by atoms with E-state index in [9.17, 15) is 4.79 Å². The van der Waals surface area contributed by atoms with Crippen LogP contribution in [-0.4, -0.2) is 5.78 Å². The van der Waals surface area contributed by atoms with Crippen molar-refractivity contribution in [3.63, 3.8) is 0 Å². The molecular formula is C10H13NO. The van der Waals surface area contributed by atoms with Crippen molar-refractivity contribution in [3.05, 3.63) is 0 Å². The Morgan fingerprint density at radius 3 is 2.58 bits per heavy atom. The van der Waals surface area contributed by atoms with Gasteiger partial charge in [0.1, 0.15) is 5.78 Å². The summed E-state index contributed by atoms with van der Waals surface area (Å²) in [7, 11) is 0. The highest BCUT2D eigenvalue weighted by Gasteiger charge is 2.59. The van der Waals surface area contributed by atoms with Crippen molar-refractivity contribution in [3.8, 4) is 6.07 Å². The summed E-state index contributed by atoms with van der Waals surface area (Å²) in [5.41, 5.74) is -0.113. The van der Waals surface area contributed by atoms with E-state index in [1.54, 1.807) is 0 Å². The van der Waals surface area contributed by atoms with Crippen LogP contribution in [0.5, 0.6) is 0 Å². The highest BCUT2D eigenvalue weighted by atomic mass is 16.1. The summed E-state index contributed by atoms with van der Waals surface area (Å²) in [6, 6.07) is 2.40. The maximum Gasteiger partial charge on any atom is 0.133 e. The highest BCUT2D eigenvalue weighted by Crippen LogP contribution is 2.64. The number of hydrogen-bond acceptors (Lipinski definition) is 2. The van der Waals surface area contributed by atoms with Crippen LogP contribution in [-0.2, 0) is 4.79 Å². The van der Waals surface area contributed by atoms with E-state index in [1.165, 1.54) is 0 Å². The maximum atomic E-state index is 11.2. The normalized spacial score (nSPS) is 37.8. The van der Waals surface area contributed by atoms with Gasteiger partial charge in [0.2, 0.25) is 0 Å². The van der Waals surface area contributed by atoms with Crippen LogP contribution in [0.4, 0.5) is 0 Å². The van der Waals surface area contributed by atoms with Crippen LogP contribution in [0.15, 0.2) is 0 Å². The lowest BCUT2D eigenvalue weighted by molar-refractivity contribution is -0.124. The Morgan fingerprint density at radius 2 is 2.08 bits per heavy atom. The number of nitriles is 1. The molecule has 0 amide bonds. The van der Waals surface area contributed by atoms with Gasteiger partial charge in [-0.2, -0.15) is 5.26 Å². The average Bonchev–Trinajstić information content (AvgIpc) is 2.80. The zero-order chi connectivity index (χ0) is 8.82. The lowest BCUT2D eigenvalue weighted by Crippen LogP contribution is -2.34. The number of carbonyl (C=O) groups is 1. The molecule has 0 N–H and O–H groups in total. The molecule has 0 heterocycles. The van der Waals surface area contributed by atoms with Crippen molar-refractivity contribution in [2.24, 2.45) is 10.8 Å². The Morgan fingerprint density at radius 1 is 1.42 bits per heavy atom. The third kappa shape index (κ3) is 0.827. The van der Waals surface area contributed by atoms with Crippen molar-refractivity contribution in [2.45, 2.75) is 39.0 Å². The molecule has 0 aromatic heterocycles. The maximum absolute atomic E-state index is 11.2. The van der Waals surface area contributed by atoms with Crippen molar-refractivity contribution in [2.75, 3.05) is 0 Å². The summed E-state index contributed by atoms with van der Waals surface area (Å²) in [6.45, 7) is 2.02. The van der Waals surface area contributed by atoms with E-state index < -0.39 is 0 Å². The van der Waals surface area contributed by atoms with Gasteiger partial charge in [-0.15, -0.1) is 0 Å². The molecule has 2 fully saturated rings. The molecule has 64 valence electrons. The van der Waals surface area contributed by atoms with Crippen LogP contribution >= 0.6 is 0 Å². The number of nitrogens with zero attached hydrogens (tertiary/aromatic N) is 1. The number of carbonyl (C=O) groups excluding carboxylic acids is 1. The van der Waals surface area contributed by atoms with Crippen molar-refractivity contribution < 1.29 is 4.79 Å². The van der Waals surface area contributed by atoms with Crippen molar-refractivity contribution >= 4 is 5.78 Å². The van der Waals surface area contributed by atoms with E-state index in [2.05, 4.69) is 6.07 Å². The van der Waals surface area contributed by atoms with Gasteiger partial charge in [-0.1, -0.05) is 0 Å². The van der Waals surface area contributed by atoms with Crippen molar-refractivity contribution in [1.82, 2.24) is 0 Å². The number of ketones is 1. The second-order valence-electron chi connectivity index (χ2n) is 4.44. The molecule has 0 bridgehead atoms. The molecule has 2 saturated carbocycles. The van der Waals surface area contributed by atoms with Crippen LogP contribution in [0.1, 0.15) is 39.0 Å². The predicted molar refractivity (Wildman–Crippen MR) is 44.2 cm³/mol. The molecule has 2 aliphatic carbocycles. The zero-order valence-electron chi connectivity index (χ0n) is 7.39. The van der Waals surface area contributed by atoms with Gasteiger partial charge in [0.05, 0.1) is 11.5 Å². The molecule has 2 aliphatic rings. The second-order valence-corrected chi connectivity index (χ2v) is 4.44. The van der Waals surface area contributed by atoms with Crippen LogP contribution in [0.2, 0.25) is 0 Å². The van der Waals surface area contributed by atoms with E-state index in [1.807, 2.05) is 6.92 Å². The largest absolute Gasteiger partial charge is 0.300 e. The van der Waals surface area contributed by atoms with Crippen molar-refractivity contribution in [1.29, 1.82) is 5.26 Å². The van der Waals surface area contributed by atoms with E-state index in [0.717, 1.165) is 19.3 Å². The molecule has 2 heteroatoms. The summed E-state index contributed by atoms with van der Waals surface area (Å²) in [4.78, 5) is 11.2. The third-order valence-electron chi connectivity index (χ3n) is 3.71. The fourth-order valence-electron chi connectivity index (χ4n) is 2.37. The molecule has 1 spiro atoms. The van der Waals surface area contributed by atoms with Gasteiger partial charge in [-0.25, -0.2) is 0 Å². The fraction of sp³-hybridized carbons (Fsp3) is 0.800. The van der Waals surface area contributed by atoms with Crippen LogP contribution in [0, 0.1) is 22.2 Å². The summed E-state index contributed by atoms with van der Waals surface area (Å²) < 4.78 is 0. The van der Waals surface area contributed by atoms with Crippen LogP contribution < -0.4 is 0 Å². The molecule has 2 nitrogen and oxygen atoms in total. The molecule has 0 saturated heterocycles. The van der Waals surface area contributed by atoms with Crippen LogP contribution in [0.3, 0.4) is 0 Å². The van der Waals surface area contributed by atoms with Gasteiger partial charge in [-0.3, -0.25) is 4.79 Å². The first kappa shape index (κ1) is 7.79. The minimum Gasteiger partial charge on any atom is -0.300 e. The van der Waals surface area contributed by atoms with Gasteiger partial charge in [-0.05, 0) is 31.6 Å². The monoisotopic (exact) mass is 163 g/mol. The summed E-state index contributed by atoms with van der Waals surface area (Å²) in [5.74, 6) is 0.361. The summed E-state index contributed by atoms with van der Waals surface area (Å²) >= 11 is 0. The molecule has 0 aliphatic heterocycles. The number of Topliss-reactive ketones (excluding diaryl/α,β-unsaturated/α-hetero) is 1. The Balaban J connectivity index is 2.28. The first-order valence-electron chi connectivity index (χ1n) is 4.55. The second kappa shape index (κ2) is 2.10. The topological polar surface area (TPSA) is 40.9 Å². The molecule has 0 aromatic rings. The summed E-state index contributed by atoms with van der Waals surface area (Å²) in [5, 5.41) is 9.05. The Bertz CT molecular complexity index is 272. The molecule has 0 radical (unpaired) electrons. The molecular weight excluding hydrogens is 150 g/mol. The first-order chi connectivity index (χ1) is 5.62. The van der Waals surface area contributed by atoms with E-state index in [0.29, 0.717) is 18.6 Å². The van der Waals surface area contributed by atoms with Gasteiger partial charge < -0.3 is 0 Å². The standard InChI is InChI=1S/C10H13NO/c1-9(7-11)3-2-8(12)6-10(9)4-5-10/h2-6H2,1H3/t9-/m1/s1. The molecule has 0 unspecified atom stereocenters. The molecule has 12 heavy (non-hydrogen) atoms. The van der Waals surface area contributed by atoms with E-state index in [4.69, 9.17) is 5.26 Å². The Labute approximate surface area is 72.6 Å². The smallest absolute Gasteiger partial charge is 0.133 e. The van der Waals surface area contributed by atoms with E-state index >= 15 is 0 Å². The SMILES string of the molecule is C[C@]1(C#N)CCC(=O)CC12CC2. The number of hydrogen-bond donors (Lipinski definition) is 0. The van der Waals surface area contributed by atoms with E-state index in [-0.39, 0.29) is 10.8 Å². The van der Waals surface area contributed by atoms with Gasteiger partial charge in [0.25, 0.3) is 0 Å². The quantitative estimate of drug-likeness (QED) is 0.548. The average molecular weight is 163 g/mol. The molecule has 2 rings (SSSR count). The third-order valence-corrected chi connectivity index (χ3v) is 3.71. The van der Waals surface area contributed by atoms with Gasteiger partial charge >= 0.3 is 0 Å². The summed E-state index contributed by atoms with van der Waals surface area (Å²) in [6.07, 6.45) is 4.23. The lowest BCUT2D eigenvalue weighted by Gasteiger charge is -2.35. The Hall–Kier alpha value is -0.840. The first-order valence-corrected chi connectivity index (χ1v) is 4.55. The van der Waals surface area contributed by atoms with Crippen LogP contribution in [0.25, 0.3) is 0 Å². The van der Waals surface area contributed by atoms with Gasteiger partial charge in [0.15, 0.2) is 0 Å². The zero-order valence-corrected chi connectivity index (χ0v) is 7.39. The Kier molecular flexibility index (Phi) is 1.36. The predicted octanol–water partition coefficient (Wildman–Crippen LogP) is 2.05. The fourth-order valence-corrected chi connectivity index (χ4v) is 2.37. The minimum absolute atomic E-state index is 0.0943. The number of rotatable bonds is 0. The minimum atomic E-state index is -0.207. The highest BCUT2D eigenvalue weighted by molar-refractivity contribution is 5.81. The lowest BCUT2D eigenvalue weighted by atomic mass is 9.65. The molecule has 0 aromatic carbocycles. The van der Waals surface area contributed by atoms with Gasteiger partial charge in [0, 0.05) is 12.8 Å².